The molecule has 0 spiro atoms. The van der Waals surface area contributed by atoms with Gasteiger partial charge >= 0.3 is 0 Å². The van der Waals surface area contributed by atoms with E-state index < -0.39 is 0 Å². The zero-order chi connectivity index (χ0) is 10.7. The van der Waals surface area contributed by atoms with Crippen molar-refractivity contribution >= 4 is 5.91 Å². The van der Waals surface area contributed by atoms with E-state index in [1.54, 1.807) is 0 Å². The summed E-state index contributed by atoms with van der Waals surface area (Å²) >= 11 is 0. The summed E-state index contributed by atoms with van der Waals surface area (Å²) in [6.07, 6.45) is 5.99. The van der Waals surface area contributed by atoms with Crippen LogP contribution < -0.4 is 10.6 Å². The molecule has 1 heterocycles. The first-order valence-corrected chi connectivity index (χ1v) is 6.32. The van der Waals surface area contributed by atoms with Gasteiger partial charge in [0.1, 0.15) is 0 Å². The third kappa shape index (κ3) is 2.94. The average molecular weight is 210 g/mol. The molecule has 2 fully saturated rings. The van der Waals surface area contributed by atoms with E-state index in [1.165, 1.54) is 19.3 Å². The van der Waals surface area contributed by atoms with Gasteiger partial charge < -0.3 is 10.6 Å². The van der Waals surface area contributed by atoms with Crippen molar-refractivity contribution < 1.29 is 4.79 Å². The van der Waals surface area contributed by atoms with Crippen LogP contribution in [0.25, 0.3) is 0 Å². The van der Waals surface area contributed by atoms with Gasteiger partial charge in [0.25, 0.3) is 0 Å². The summed E-state index contributed by atoms with van der Waals surface area (Å²) in [5.41, 5.74) is 0. The molecule has 2 aliphatic rings. The lowest BCUT2D eigenvalue weighted by molar-refractivity contribution is -0.125. The van der Waals surface area contributed by atoms with Gasteiger partial charge in [-0.15, -0.1) is 0 Å². The zero-order valence-corrected chi connectivity index (χ0v) is 9.59. The van der Waals surface area contributed by atoms with Crippen LogP contribution in [0.4, 0.5) is 0 Å². The fourth-order valence-corrected chi connectivity index (χ4v) is 2.45. The van der Waals surface area contributed by atoms with Crippen LogP contribution in [-0.2, 0) is 4.79 Å². The van der Waals surface area contributed by atoms with Crippen LogP contribution in [0.15, 0.2) is 0 Å². The summed E-state index contributed by atoms with van der Waals surface area (Å²) in [6, 6.07) is 0.408. The fraction of sp³-hybridized carbons (Fsp3) is 0.917. The van der Waals surface area contributed by atoms with Crippen molar-refractivity contribution in [3.8, 4) is 0 Å². The van der Waals surface area contributed by atoms with Crippen molar-refractivity contribution in [1.82, 2.24) is 10.6 Å². The first-order chi connectivity index (χ1) is 7.31. The van der Waals surface area contributed by atoms with Crippen LogP contribution in [-0.4, -0.2) is 25.0 Å². The summed E-state index contributed by atoms with van der Waals surface area (Å²) < 4.78 is 0. The molecule has 1 aliphatic heterocycles. The molecule has 1 saturated heterocycles. The van der Waals surface area contributed by atoms with Gasteiger partial charge in [-0.2, -0.15) is 0 Å². The highest BCUT2D eigenvalue weighted by Crippen LogP contribution is 2.31. The van der Waals surface area contributed by atoms with Crippen LogP contribution in [0, 0.1) is 11.8 Å². The summed E-state index contributed by atoms with van der Waals surface area (Å²) in [5, 5.41) is 6.47. The van der Waals surface area contributed by atoms with E-state index >= 15 is 0 Å². The van der Waals surface area contributed by atoms with Crippen molar-refractivity contribution in [3.05, 3.63) is 0 Å². The van der Waals surface area contributed by atoms with E-state index in [4.69, 9.17) is 0 Å². The number of rotatable bonds is 5. The highest BCUT2D eigenvalue weighted by atomic mass is 16.1. The van der Waals surface area contributed by atoms with Crippen LogP contribution in [0.3, 0.4) is 0 Å². The predicted molar refractivity (Wildman–Crippen MR) is 60.5 cm³/mol. The van der Waals surface area contributed by atoms with Gasteiger partial charge in [0.15, 0.2) is 0 Å². The van der Waals surface area contributed by atoms with Gasteiger partial charge in [-0.3, -0.25) is 4.79 Å². The molecule has 1 aliphatic carbocycles. The van der Waals surface area contributed by atoms with Crippen LogP contribution in [0.1, 0.15) is 39.0 Å². The number of carbonyl (C=O) groups excluding carboxylic acids is 1. The molecule has 0 aromatic rings. The van der Waals surface area contributed by atoms with E-state index in [0.717, 1.165) is 31.8 Å². The molecule has 15 heavy (non-hydrogen) atoms. The smallest absolute Gasteiger partial charge is 0.224 e. The lowest BCUT2D eigenvalue weighted by Gasteiger charge is -2.17. The molecule has 3 heteroatoms. The van der Waals surface area contributed by atoms with Gasteiger partial charge in [0.2, 0.25) is 5.91 Å². The molecular formula is C12H22N2O. The van der Waals surface area contributed by atoms with E-state index in [0.29, 0.717) is 6.04 Å². The molecule has 0 aromatic heterocycles. The molecule has 2 N–H and O–H groups in total. The molecule has 3 nitrogen and oxygen atoms in total. The minimum absolute atomic E-state index is 0.217. The molecule has 2 unspecified atom stereocenters. The minimum atomic E-state index is 0.217. The second-order valence-electron chi connectivity index (χ2n) is 4.89. The van der Waals surface area contributed by atoms with Crippen LogP contribution in [0.5, 0.6) is 0 Å². The maximum absolute atomic E-state index is 11.9. The molecular weight excluding hydrogens is 188 g/mol. The van der Waals surface area contributed by atoms with E-state index in [2.05, 4.69) is 17.6 Å². The summed E-state index contributed by atoms with van der Waals surface area (Å²) in [4.78, 5) is 11.9. The Bertz CT molecular complexity index is 226. The van der Waals surface area contributed by atoms with Gasteiger partial charge in [0.05, 0.1) is 5.92 Å². The van der Waals surface area contributed by atoms with Gasteiger partial charge in [-0.05, 0) is 31.7 Å². The third-order valence-corrected chi connectivity index (χ3v) is 3.67. The Hall–Kier alpha value is -0.570. The van der Waals surface area contributed by atoms with E-state index in [9.17, 15) is 4.79 Å². The molecule has 0 radical (unpaired) electrons. The molecule has 1 saturated carbocycles. The number of amides is 1. The van der Waals surface area contributed by atoms with Crippen molar-refractivity contribution in [2.45, 2.75) is 45.1 Å². The van der Waals surface area contributed by atoms with E-state index in [-0.39, 0.29) is 11.8 Å². The normalized spacial score (nSPS) is 30.5. The molecule has 86 valence electrons. The molecule has 2 atom stereocenters. The van der Waals surface area contributed by atoms with E-state index in [1.807, 2.05) is 0 Å². The topological polar surface area (TPSA) is 41.1 Å². The number of hydrogen-bond donors (Lipinski definition) is 2. The van der Waals surface area contributed by atoms with Crippen molar-refractivity contribution in [2.75, 3.05) is 13.1 Å². The number of carbonyl (C=O) groups is 1. The minimum Gasteiger partial charge on any atom is -0.356 e. The predicted octanol–water partition coefficient (Wildman–Crippen LogP) is 1.29. The largest absolute Gasteiger partial charge is 0.356 e. The lowest BCUT2D eigenvalue weighted by Crippen LogP contribution is -2.38. The summed E-state index contributed by atoms with van der Waals surface area (Å²) in [5.74, 6) is 1.40. The maximum Gasteiger partial charge on any atom is 0.224 e. The molecule has 1 amide bonds. The Kier molecular flexibility index (Phi) is 3.62. The van der Waals surface area contributed by atoms with Gasteiger partial charge in [-0.25, -0.2) is 0 Å². The monoisotopic (exact) mass is 210 g/mol. The Morgan fingerprint density at radius 3 is 2.87 bits per heavy atom. The highest BCUT2D eigenvalue weighted by Gasteiger charge is 2.31. The fourth-order valence-electron chi connectivity index (χ4n) is 2.45. The van der Waals surface area contributed by atoms with Crippen molar-refractivity contribution in [1.29, 1.82) is 0 Å². The summed E-state index contributed by atoms with van der Waals surface area (Å²) in [7, 11) is 0. The summed E-state index contributed by atoms with van der Waals surface area (Å²) in [6.45, 7) is 4.03. The Morgan fingerprint density at radius 1 is 1.40 bits per heavy atom. The maximum atomic E-state index is 11.9. The Balaban J connectivity index is 1.68. The highest BCUT2D eigenvalue weighted by molar-refractivity contribution is 5.79. The molecule has 2 rings (SSSR count). The number of nitrogens with one attached hydrogen (secondary N) is 2. The standard InChI is InChI=1S/C12H22N2O/c1-2-11-10(6-8-13-11)12(15)14-7-5-9-3-4-9/h9-11,13H,2-8H2,1H3,(H,14,15). The van der Waals surface area contributed by atoms with Crippen molar-refractivity contribution in [2.24, 2.45) is 11.8 Å². The zero-order valence-electron chi connectivity index (χ0n) is 9.59. The number of hydrogen-bond acceptors (Lipinski definition) is 2. The van der Waals surface area contributed by atoms with Crippen LogP contribution in [0.2, 0.25) is 0 Å². The average Bonchev–Trinajstić information content (AvgIpc) is 2.94. The Morgan fingerprint density at radius 2 is 2.20 bits per heavy atom. The van der Waals surface area contributed by atoms with Gasteiger partial charge in [0, 0.05) is 12.6 Å². The third-order valence-electron chi connectivity index (χ3n) is 3.67. The SMILES string of the molecule is CCC1NCCC1C(=O)NCCC1CC1. The van der Waals surface area contributed by atoms with Gasteiger partial charge in [-0.1, -0.05) is 19.8 Å². The quantitative estimate of drug-likeness (QED) is 0.718. The van der Waals surface area contributed by atoms with Crippen molar-refractivity contribution in [3.63, 3.8) is 0 Å². The van der Waals surface area contributed by atoms with Crippen LogP contribution >= 0.6 is 0 Å². The lowest BCUT2D eigenvalue weighted by atomic mass is 9.98. The molecule has 0 aromatic carbocycles. The molecule has 0 bridgehead atoms. The first-order valence-electron chi connectivity index (χ1n) is 6.32. The first kappa shape index (κ1) is 10.9. The Labute approximate surface area is 92.0 Å². The second kappa shape index (κ2) is 4.97. The second-order valence-corrected chi connectivity index (χ2v) is 4.89.